The third-order valence-corrected chi connectivity index (χ3v) is 15.1. The molecule has 4 nitrogen and oxygen atoms in total. The SMILES string of the molecule is CC1=C(CCC(=O)NCc2ccc3c(ccn3C)c2)C2CCC3C(C)(C)[C@@H](O[Si](C(C)C)C(C)(C)C)CC[C@]3(C)C2CC1. The number of carbonyl (C=O) groups excluding carboxylic acids is 1. The van der Waals surface area contributed by atoms with Crippen molar-refractivity contribution in [3.63, 3.8) is 0 Å². The molecule has 3 aliphatic carbocycles. The highest BCUT2D eigenvalue weighted by Crippen LogP contribution is 2.65. The maximum Gasteiger partial charge on any atom is 0.220 e. The zero-order valence-electron chi connectivity index (χ0n) is 28.9. The van der Waals surface area contributed by atoms with Crippen molar-refractivity contribution in [2.24, 2.45) is 35.6 Å². The lowest BCUT2D eigenvalue weighted by Gasteiger charge is -2.63. The lowest BCUT2D eigenvalue weighted by Crippen LogP contribution is -2.58. The van der Waals surface area contributed by atoms with Crippen LogP contribution in [0.25, 0.3) is 10.9 Å². The molecule has 5 heteroatoms. The first-order valence-corrected chi connectivity index (χ1v) is 18.6. The van der Waals surface area contributed by atoms with Gasteiger partial charge in [-0.1, -0.05) is 72.6 Å². The molecule has 0 aliphatic heterocycles. The first-order chi connectivity index (χ1) is 20.1. The molecule has 1 radical (unpaired) electrons. The van der Waals surface area contributed by atoms with E-state index in [1.807, 2.05) is 0 Å². The summed E-state index contributed by atoms with van der Waals surface area (Å²) >= 11 is 0. The van der Waals surface area contributed by atoms with E-state index in [2.05, 4.69) is 110 Å². The number of allylic oxidation sites excluding steroid dienone is 2. The molecule has 0 saturated heterocycles. The Morgan fingerprint density at radius 3 is 2.56 bits per heavy atom. The van der Waals surface area contributed by atoms with E-state index in [0.717, 1.165) is 17.9 Å². The van der Waals surface area contributed by atoms with E-state index in [1.54, 1.807) is 11.1 Å². The second kappa shape index (κ2) is 12.2. The van der Waals surface area contributed by atoms with Crippen LogP contribution >= 0.6 is 0 Å². The van der Waals surface area contributed by atoms with Crippen LogP contribution < -0.4 is 5.32 Å². The highest BCUT2D eigenvalue weighted by atomic mass is 28.3. The number of nitrogens with zero attached hydrogens (tertiary/aromatic N) is 1. The van der Waals surface area contributed by atoms with Crippen LogP contribution in [-0.4, -0.2) is 25.6 Å². The molecule has 0 bridgehead atoms. The van der Waals surface area contributed by atoms with Crippen LogP contribution in [0.3, 0.4) is 0 Å². The largest absolute Gasteiger partial charge is 0.412 e. The van der Waals surface area contributed by atoms with Gasteiger partial charge in [0.1, 0.15) is 0 Å². The van der Waals surface area contributed by atoms with Crippen LogP contribution in [0.1, 0.15) is 119 Å². The number of hydrogen-bond acceptors (Lipinski definition) is 2. The molecule has 5 rings (SSSR count). The van der Waals surface area contributed by atoms with Crippen molar-refractivity contribution in [1.29, 1.82) is 0 Å². The normalized spacial score (nSPS) is 29.2. The van der Waals surface area contributed by atoms with E-state index in [-0.39, 0.29) is 16.4 Å². The van der Waals surface area contributed by atoms with Crippen molar-refractivity contribution in [2.75, 3.05) is 0 Å². The van der Waals surface area contributed by atoms with Gasteiger partial charge >= 0.3 is 0 Å². The predicted molar refractivity (Wildman–Crippen MR) is 182 cm³/mol. The van der Waals surface area contributed by atoms with Gasteiger partial charge < -0.3 is 14.3 Å². The summed E-state index contributed by atoms with van der Waals surface area (Å²) in [5.74, 6) is 2.24. The number of aryl methyl sites for hydroxylation is 1. The quantitative estimate of drug-likeness (QED) is 0.241. The molecule has 0 spiro atoms. The Labute approximate surface area is 264 Å². The van der Waals surface area contributed by atoms with Gasteiger partial charge in [-0.15, -0.1) is 0 Å². The van der Waals surface area contributed by atoms with Gasteiger partial charge in [0.25, 0.3) is 0 Å². The van der Waals surface area contributed by atoms with Gasteiger partial charge in [0.15, 0.2) is 0 Å². The van der Waals surface area contributed by atoms with E-state index >= 15 is 0 Å². The van der Waals surface area contributed by atoms with Crippen LogP contribution in [0, 0.1) is 28.6 Å². The average molecular weight is 604 g/mol. The molecular formula is C38H59N2O2Si. The van der Waals surface area contributed by atoms with E-state index in [0.29, 0.717) is 41.9 Å². The number of fused-ring (bicyclic) bond motifs is 4. The summed E-state index contributed by atoms with van der Waals surface area (Å²) in [6.45, 7) is 22.5. The minimum Gasteiger partial charge on any atom is -0.412 e. The molecular weight excluding hydrogens is 545 g/mol. The zero-order valence-corrected chi connectivity index (χ0v) is 29.9. The number of nitrogens with one attached hydrogen (secondary N) is 1. The van der Waals surface area contributed by atoms with Gasteiger partial charge in [-0.2, -0.15) is 0 Å². The summed E-state index contributed by atoms with van der Waals surface area (Å²) in [5, 5.41) is 4.69. The summed E-state index contributed by atoms with van der Waals surface area (Å²) in [5.41, 5.74) is 6.72. The number of carbonyl (C=O) groups is 1. The Morgan fingerprint density at radius 2 is 1.86 bits per heavy atom. The van der Waals surface area contributed by atoms with Crippen molar-refractivity contribution in [3.05, 3.63) is 47.2 Å². The molecule has 1 aromatic heterocycles. The lowest BCUT2D eigenvalue weighted by molar-refractivity contribution is -0.144. The highest BCUT2D eigenvalue weighted by Gasteiger charge is 2.59. The third kappa shape index (κ3) is 6.32. The minimum atomic E-state index is -0.935. The van der Waals surface area contributed by atoms with Crippen molar-refractivity contribution >= 4 is 25.9 Å². The summed E-state index contributed by atoms with van der Waals surface area (Å²) in [6, 6.07) is 8.62. The van der Waals surface area contributed by atoms with Gasteiger partial charge in [0.05, 0.1) is 6.10 Å². The smallest absolute Gasteiger partial charge is 0.220 e. The zero-order chi connectivity index (χ0) is 31.3. The molecule has 3 unspecified atom stereocenters. The standard InChI is InChI=1S/C38H59N2O2Si/c1-25(2)43(36(4,5)6)42-34-19-21-38(9)31-15-11-26(3)29(30(31)13-17-33(38)37(34,7)8)14-18-35(41)39-24-27-12-16-32-28(23-27)20-22-40(32)10/h12,16,20,22-23,25,30-31,33-34H,11,13-15,17-19,21,24H2,1-10H3,(H,39,41)/t30?,31?,33?,34-,38+/m0/s1. The number of aromatic nitrogens is 1. The van der Waals surface area contributed by atoms with Crippen molar-refractivity contribution in [3.8, 4) is 0 Å². The van der Waals surface area contributed by atoms with Crippen LogP contribution in [0.5, 0.6) is 0 Å². The van der Waals surface area contributed by atoms with E-state index < -0.39 is 9.04 Å². The van der Waals surface area contributed by atoms with Gasteiger partial charge in [-0.25, -0.2) is 0 Å². The monoisotopic (exact) mass is 603 g/mol. The Balaban J connectivity index is 1.23. The van der Waals surface area contributed by atoms with Crippen molar-refractivity contribution in [1.82, 2.24) is 9.88 Å². The first-order valence-electron chi connectivity index (χ1n) is 17.2. The average Bonchev–Trinajstić information content (AvgIpc) is 3.29. The Bertz CT molecular complexity index is 1350. The lowest BCUT2D eigenvalue weighted by atomic mass is 9.43. The maximum atomic E-state index is 13.1. The summed E-state index contributed by atoms with van der Waals surface area (Å²) < 4.78 is 9.32. The Kier molecular flexibility index (Phi) is 9.20. The molecule has 1 amide bonds. The fourth-order valence-corrected chi connectivity index (χ4v) is 13.0. The predicted octanol–water partition coefficient (Wildman–Crippen LogP) is 9.74. The topological polar surface area (TPSA) is 43.3 Å². The van der Waals surface area contributed by atoms with Crippen LogP contribution in [0.15, 0.2) is 41.6 Å². The van der Waals surface area contributed by atoms with E-state index in [4.69, 9.17) is 4.43 Å². The first kappa shape index (κ1) is 32.5. The van der Waals surface area contributed by atoms with Gasteiger partial charge in [-0.05, 0) is 120 Å². The molecule has 237 valence electrons. The number of amides is 1. The van der Waals surface area contributed by atoms with Gasteiger partial charge in [0.2, 0.25) is 14.9 Å². The van der Waals surface area contributed by atoms with E-state index in [9.17, 15) is 4.79 Å². The van der Waals surface area contributed by atoms with E-state index in [1.165, 1.54) is 49.4 Å². The highest BCUT2D eigenvalue weighted by molar-refractivity contribution is 6.56. The fourth-order valence-electron chi connectivity index (χ4n) is 9.93. The molecule has 3 aliphatic rings. The van der Waals surface area contributed by atoms with Crippen LogP contribution in [0.4, 0.5) is 0 Å². The molecule has 1 heterocycles. The van der Waals surface area contributed by atoms with Gasteiger partial charge in [-0.3, -0.25) is 4.79 Å². The minimum absolute atomic E-state index is 0.177. The summed E-state index contributed by atoms with van der Waals surface area (Å²) in [7, 11) is 1.14. The maximum absolute atomic E-state index is 13.1. The van der Waals surface area contributed by atoms with Crippen molar-refractivity contribution in [2.45, 2.75) is 137 Å². The molecule has 1 N–H and O–H groups in total. The molecule has 2 fully saturated rings. The molecule has 1 aromatic carbocycles. The summed E-state index contributed by atoms with van der Waals surface area (Å²) in [6.07, 6.45) is 11.5. The third-order valence-electron chi connectivity index (χ3n) is 12.0. The molecule has 2 saturated carbocycles. The van der Waals surface area contributed by atoms with Crippen LogP contribution in [-0.2, 0) is 22.8 Å². The van der Waals surface area contributed by atoms with Gasteiger partial charge in [0, 0.05) is 31.7 Å². The Hall–Kier alpha value is -1.85. The second-order valence-corrected chi connectivity index (χ2v) is 20.1. The Morgan fingerprint density at radius 1 is 1.12 bits per heavy atom. The summed E-state index contributed by atoms with van der Waals surface area (Å²) in [4.78, 5) is 13.1. The number of rotatable bonds is 8. The molecule has 2 aromatic rings. The second-order valence-electron chi connectivity index (χ2n) is 16.5. The molecule has 5 atom stereocenters. The number of benzene rings is 1. The van der Waals surface area contributed by atoms with Crippen LogP contribution in [0.2, 0.25) is 10.6 Å². The number of hydrogen-bond donors (Lipinski definition) is 1. The molecule has 43 heavy (non-hydrogen) atoms. The van der Waals surface area contributed by atoms with Crippen molar-refractivity contribution < 1.29 is 9.22 Å². The fraction of sp³-hybridized carbons (Fsp3) is 0.711.